The fourth-order valence-corrected chi connectivity index (χ4v) is 5.87. The molecular formula is C15H18N5O2S3+. The lowest BCUT2D eigenvalue weighted by molar-refractivity contribution is -0.926. The zero-order chi connectivity index (χ0) is 17.4. The van der Waals surface area contributed by atoms with Crippen LogP contribution in [0, 0.1) is 4.77 Å². The van der Waals surface area contributed by atoms with Crippen LogP contribution in [-0.4, -0.2) is 53.1 Å². The molecule has 0 amide bonds. The van der Waals surface area contributed by atoms with Crippen LogP contribution < -0.4 is 4.90 Å². The van der Waals surface area contributed by atoms with Gasteiger partial charge in [0, 0.05) is 6.20 Å². The van der Waals surface area contributed by atoms with E-state index in [1.807, 2.05) is 33.5 Å². The van der Waals surface area contributed by atoms with Gasteiger partial charge in [-0.2, -0.15) is 8.99 Å². The predicted octanol–water partition coefficient (Wildman–Crippen LogP) is 0.474. The number of fused-ring (bicyclic) bond motifs is 1. The number of thiophene rings is 1. The molecule has 1 aliphatic rings. The number of hydrogen-bond acceptors (Lipinski definition) is 5. The van der Waals surface area contributed by atoms with Crippen LogP contribution in [-0.2, 0) is 16.7 Å². The third-order valence-electron chi connectivity index (χ3n) is 4.38. The van der Waals surface area contributed by atoms with Crippen molar-refractivity contribution in [3.05, 3.63) is 46.7 Å². The van der Waals surface area contributed by atoms with Gasteiger partial charge in [0.15, 0.2) is 12.3 Å². The minimum atomic E-state index is -3.35. The summed E-state index contributed by atoms with van der Waals surface area (Å²) in [4.78, 5) is 1.28. The van der Waals surface area contributed by atoms with Gasteiger partial charge in [0.25, 0.3) is 10.0 Å². The number of rotatable bonds is 4. The monoisotopic (exact) mass is 396 g/mol. The lowest BCUT2D eigenvalue weighted by Crippen LogP contribution is -3.14. The number of sulfonamides is 1. The van der Waals surface area contributed by atoms with Crippen LogP contribution >= 0.6 is 23.6 Å². The molecule has 1 aliphatic heterocycles. The van der Waals surface area contributed by atoms with Crippen LogP contribution in [0.15, 0.2) is 46.1 Å². The molecule has 0 unspecified atom stereocenters. The van der Waals surface area contributed by atoms with Gasteiger partial charge >= 0.3 is 0 Å². The maximum Gasteiger partial charge on any atom is 0.252 e. The molecule has 0 spiro atoms. The molecule has 0 aliphatic carbocycles. The summed E-state index contributed by atoms with van der Waals surface area (Å²) < 4.78 is 31.5. The molecule has 3 aromatic heterocycles. The molecule has 1 fully saturated rings. The van der Waals surface area contributed by atoms with Crippen molar-refractivity contribution in [3.8, 4) is 0 Å². The van der Waals surface area contributed by atoms with Gasteiger partial charge in [0.1, 0.15) is 4.21 Å². The summed E-state index contributed by atoms with van der Waals surface area (Å²) in [7, 11) is -3.35. The maximum absolute atomic E-state index is 12.6. The Morgan fingerprint density at radius 1 is 1.20 bits per heavy atom. The van der Waals surface area contributed by atoms with E-state index in [9.17, 15) is 8.42 Å². The van der Waals surface area contributed by atoms with E-state index >= 15 is 0 Å². The van der Waals surface area contributed by atoms with Gasteiger partial charge in [-0.25, -0.2) is 8.42 Å². The Bertz CT molecular complexity index is 1030. The Kier molecular flexibility index (Phi) is 4.46. The summed E-state index contributed by atoms with van der Waals surface area (Å²) in [6.07, 6.45) is 1.90. The average molecular weight is 397 g/mol. The van der Waals surface area contributed by atoms with Crippen LogP contribution in [0.4, 0.5) is 0 Å². The molecule has 0 saturated carbocycles. The third-order valence-corrected chi connectivity index (χ3v) is 8.06. The van der Waals surface area contributed by atoms with E-state index in [2.05, 4.69) is 5.10 Å². The van der Waals surface area contributed by atoms with Crippen molar-refractivity contribution in [2.24, 2.45) is 0 Å². The van der Waals surface area contributed by atoms with Crippen molar-refractivity contribution < 1.29 is 13.3 Å². The van der Waals surface area contributed by atoms with E-state index in [0.29, 0.717) is 28.7 Å². The molecule has 0 atom stereocenters. The Morgan fingerprint density at radius 2 is 2.00 bits per heavy atom. The molecule has 3 aromatic rings. The van der Waals surface area contributed by atoms with Gasteiger partial charge in [-0.3, -0.25) is 4.40 Å². The highest BCUT2D eigenvalue weighted by atomic mass is 32.2. The topological polar surface area (TPSA) is 64.0 Å². The maximum atomic E-state index is 12.6. The van der Waals surface area contributed by atoms with E-state index in [0.717, 1.165) is 18.7 Å². The highest BCUT2D eigenvalue weighted by molar-refractivity contribution is 7.91. The highest BCUT2D eigenvalue weighted by Gasteiger charge is 2.31. The van der Waals surface area contributed by atoms with Crippen molar-refractivity contribution in [2.45, 2.75) is 10.9 Å². The number of hydrogen-bond donors (Lipinski definition) is 1. The molecule has 4 heterocycles. The standard InChI is InChI=1S/C15H17N5O2S3/c21-25(22,14-5-3-11-24-14)18-9-7-17(8-10-18)12-20-15(23)19-6-2-1-4-13(19)16-20/h1-6,11H,7-10,12H2/p+1. The lowest BCUT2D eigenvalue weighted by Gasteiger charge is -2.30. The Morgan fingerprint density at radius 3 is 2.68 bits per heavy atom. The van der Waals surface area contributed by atoms with E-state index < -0.39 is 10.0 Å². The molecule has 132 valence electrons. The smallest absolute Gasteiger partial charge is 0.252 e. The van der Waals surface area contributed by atoms with Gasteiger partial charge in [-0.15, -0.1) is 16.4 Å². The van der Waals surface area contributed by atoms with E-state index in [4.69, 9.17) is 12.2 Å². The summed E-state index contributed by atoms with van der Waals surface area (Å²) in [5.74, 6) is 0. The second kappa shape index (κ2) is 6.61. The zero-order valence-corrected chi connectivity index (χ0v) is 15.9. The largest absolute Gasteiger partial charge is 0.314 e. The number of quaternary nitrogens is 1. The van der Waals surface area contributed by atoms with Crippen LogP contribution in [0.5, 0.6) is 0 Å². The quantitative estimate of drug-likeness (QED) is 0.652. The Labute approximate surface area is 154 Å². The van der Waals surface area contributed by atoms with Crippen LogP contribution in [0.25, 0.3) is 5.65 Å². The van der Waals surface area contributed by atoms with Crippen molar-refractivity contribution in [2.75, 3.05) is 26.2 Å². The fraction of sp³-hybridized carbons (Fsp3) is 0.333. The molecule has 0 aromatic carbocycles. The second-order valence-corrected chi connectivity index (χ2v) is 9.43. The number of nitrogens with one attached hydrogen (secondary N) is 1. The van der Waals surface area contributed by atoms with E-state index in [1.54, 1.807) is 21.8 Å². The lowest BCUT2D eigenvalue weighted by atomic mass is 10.4. The molecular weight excluding hydrogens is 378 g/mol. The van der Waals surface area contributed by atoms with Gasteiger partial charge in [0.05, 0.1) is 26.2 Å². The van der Waals surface area contributed by atoms with Gasteiger partial charge in [-0.1, -0.05) is 12.1 Å². The van der Waals surface area contributed by atoms with Gasteiger partial charge < -0.3 is 4.90 Å². The second-order valence-electron chi connectivity index (χ2n) is 5.96. The molecule has 0 radical (unpaired) electrons. The van der Waals surface area contributed by atoms with Gasteiger partial charge in [0.2, 0.25) is 4.77 Å². The Hall–Kier alpha value is -1.59. The molecule has 4 rings (SSSR count). The van der Waals surface area contributed by atoms with E-state index in [1.165, 1.54) is 16.2 Å². The van der Waals surface area contributed by atoms with Crippen LogP contribution in [0.1, 0.15) is 0 Å². The minimum Gasteiger partial charge on any atom is -0.314 e. The first-order chi connectivity index (χ1) is 12.1. The molecule has 25 heavy (non-hydrogen) atoms. The molecule has 0 bridgehead atoms. The summed E-state index contributed by atoms with van der Waals surface area (Å²) in [6, 6.07) is 9.21. The summed E-state index contributed by atoms with van der Waals surface area (Å²) in [5, 5.41) is 6.33. The molecule has 1 N–H and O–H groups in total. The molecule has 10 heteroatoms. The first kappa shape index (κ1) is 16.9. The predicted molar refractivity (Wildman–Crippen MR) is 97.8 cm³/mol. The van der Waals surface area contributed by atoms with Crippen LogP contribution in [0.2, 0.25) is 0 Å². The SMILES string of the molecule is O=S(=O)(c1cccs1)N1CC[NH+](Cn2nc3ccccn3c2=S)CC1. The van der Waals surface area contributed by atoms with Crippen molar-refractivity contribution in [1.82, 2.24) is 18.5 Å². The normalized spacial score (nSPS) is 17.3. The number of pyridine rings is 1. The van der Waals surface area contributed by atoms with Crippen molar-refractivity contribution >= 4 is 39.2 Å². The third kappa shape index (κ3) is 3.15. The minimum absolute atomic E-state index is 0.415. The zero-order valence-electron chi connectivity index (χ0n) is 13.4. The van der Waals surface area contributed by atoms with Crippen molar-refractivity contribution in [1.29, 1.82) is 0 Å². The average Bonchev–Trinajstić information content (AvgIpc) is 3.26. The molecule has 1 saturated heterocycles. The molecule has 7 nitrogen and oxygen atoms in total. The first-order valence-electron chi connectivity index (χ1n) is 7.97. The first-order valence-corrected chi connectivity index (χ1v) is 10.7. The highest BCUT2D eigenvalue weighted by Crippen LogP contribution is 2.20. The summed E-state index contributed by atoms with van der Waals surface area (Å²) >= 11 is 6.74. The van der Waals surface area contributed by atoms with Gasteiger partial charge in [-0.05, 0) is 35.8 Å². The fourth-order valence-electron chi connectivity index (χ4n) is 3.02. The van der Waals surface area contributed by atoms with E-state index in [-0.39, 0.29) is 0 Å². The summed E-state index contributed by atoms with van der Waals surface area (Å²) in [5.41, 5.74) is 0.825. The summed E-state index contributed by atoms with van der Waals surface area (Å²) in [6.45, 7) is 3.14. The van der Waals surface area contributed by atoms with Crippen molar-refractivity contribution in [3.63, 3.8) is 0 Å². The number of nitrogens with zero attached hydrogens (tertiary/aromatic N) is 4. The number of aromatic nitrogens is 3. The van der Waals surface area contributed by atoms with Crippen LogP contribution in [0.3, 0.4) is 0 Å². The number of piperazine rings is 1. The Balaban J connectivity index is 1.45.